The van der Waals surface area contributed by atoms with Crippen molar-refractivity contribution in [1.82, 2.24) is 0 Å². The number of carbonyl (C=O) groups excluding carboxylic acids is 1. The quantitative estimate of drug-likeness (QED) is 0.630. The topological polar surface area (TPSA) is 63.6 Å². The summed E-state index contributed by atoms with van der Waals surface area (Å²) < 4.78 is 4.76. The molecule has 1 N–H and O–H groups in total. The van der Waals surface area contributed by atoms with Gasteiger partial charge in [0.05, 0.1) is 17.0 Å². The second-order valence-electron chi connectivity index (χ2n) is 2.71. The minimum Gasteiger partial charge on any atom is -0.478 e. The van der Waals surface area contributed by atoms with Crippen LogP contribution in [0.3, 0.4) is 0 Å². The Balaban J connectivity index is 2.71. The lowest BCUT2D eigenvalue weighted by Crippen LogP contribution is -2.07. The summed E-state index contributed by atoms with van der Waals surface area (Å²) in [6.07, 6.45) is 0. The predicted molar refractivity (Wildman–Crippen MR) is 54.4 cm³/mol. The van der Waals surface area contributed by atoms with Gasteiger partial charge in [0.2, 0.25) is 0 Å². The van der Waals surface area contributed by atoms with Gasteiger partial charge in [-0.05, 0) is 24.3 Å². The van der Waals surface area contributed by atoms with E-state index in [1.165, 1.54) is 24.3 Å². The van der Waals surface area contributed by atoms with Gasteiger partial charge in [0, 0.05) is 0 Å². The highest BCUT2D eigenvalue weighted by Crippen LogP contribution is 2.06. The molecule has 0 aromatic heterocycles. The van der Waals surface area contributed by atoms with Crippen molar-refractivity contribution in [1.29, 1.82) is 0 Å². The largest absolute Gasteiger partial charge is 0.478 e. The Labute approximate surface area is 91.4 Å². The van der Waals surface area contributed by atoms with E-state index in [0.717, 1.165) is 0 Å². The minimum atomic E-state index is -1.03. The van der Waals surface area contributed by atoms with Gasteiger partial charge < -0.3 is 9.84 Å². The van der Waals surface area contributed by atoms with Crippen LogP contribution in [0.15, 0.2) is 24.3 Å². The Morgan fingerprint density at radius 1 is 1.20 bits per heavy atom. The second kappa shape index (κ2) is 5.36. The number of alkyl halides is 1. The molecule has 0 atom stereocenters. The van der Waals surface area contributed by atoms with E-state index in [-0.39, 0.29) is 18.1 Å². The number of benzene rings is 1. The average Bonchev–Trinajstić information content (AvgIpc) is 2.26. The van der Waals surface area contributed by atoms with Gasteiger partial charge in [-0.15, -0.1) is 11.6 Å². The molecule has 5 heteroatoms. The molecule has 1 aromatic rings. The van der Waals surface area contributed by atoms with Crippen LogP contribution in [0.4, 0.5) is 0 Å². The fourth-order valence-electron chi connectivity index (χ4n) is 0.963. The summed E-state index contributed by atoms with van der Waals surface area (Å²) in [5.74, 6) is -1.30. The first kappa shape index (κ1) is 11.5. The van der Waals surface area contributed by atoms with E-state index in [1.54, 1.807) is 0 Å². The summed E-state index contributed by atoms with van der Waals surface area (Å²) in [4.78, 5) is 21.8. The first-order chi connectivity index (χ1) is 7.15. The Bertz CT molecular complexity index is 358. The van der Waals surface area contributed by atoms with Gasteiger partial charge in [-0.1, -0.05) is 0 Å². The van der Waals surface area contributed by atoms with E-state index < -0.39 is 11.9 Å². The highest BCUT2D eigenvalue weighted by Gasteiger charge is 2.08. The fourth-order valence-corrected chi connectivity index (χ4v) is 1.04. The normalized spacial score (nSPS) is 9.67. The first-order valence-electron chi connectivity index (χ1n) is 4.21. The third kappa shape index (κ3) is 3.25. The van der Waals surface area contributed by atoms with Crippen LogP contribution in [-0.2, 0) is 4.74 Å². The highest BCUT2D eigenvalue weighted by molar-refractivity contribution is 6.18. The number of esters is 1. The van der Waals surface area contributed by atoms with Gasteiger partial charge in [-0.2, -0.15) is 0 Å². The summed E-state index contributed by atoms with van der Waals surface area (Å²) in [5, 5.41) is 8.62. The molecular weight excluding hydrogens is 220 g/mol. The van der Waals surface area contributed by atoms with E-state index in [9.17, 15) is 9.59 Å². The molecule has 1 rings (SSSR count). The summed E-state index contributed by atoms with van der Waals surface area (Å²) in [6, 6.07) is 5.50. The van der Waals surface area contributed by atoms with E-state index in [1.807, 2.05) is 0 Å². The van der Waals surface area contributed by atoms with E-state index >= 15 is 0 Å². The van der Waals surface area contributed by atoms with Gasteiger partial charge in [0.25, 0.3) is 0 Å². The SMILES string of the molecule is O=C(O)c1ccc(C(=O)OCCCl)cc1. The molecule has 0 amide bonds. The Kier molecular flexibility index (Phi) is 4.12. The number of rotatable bonds is 4. The molecule has 0 aliphatic heterocycles. The zero-order chi connectivity index (χ0) is 11.3. The lowest BCUT2D eigenvalue weighted by Gasteiger charge is -2.02. The number of ether oxygens (including phenoxy) is 1. The second-order valence-corrected chi connectivity index (χ2v) is 3.09. The molecule has 0 radical (unpaired) electrons. The monoisotopic (exact) mass is 228 g/mol. The third-order valence-corrected chi connectivity index (χ3v) is 1.83. The molecule has 80 valence electrons. The maximum Gasteiger partial charge on any atom is 0.338 e. The van der Waals surface area contributed by atoms with E-state index in [0.29, 0.717) is 5.56 Å². The van der Waals surface area contributed by atoms with E-state index in [2.05, 4.69) is 0 Å². The van der Waals surface area contributed by atoms with Gasteiger partial charge in [-0.25, -0.2) is 9.59 Å². The maximum atomic E-state index is 11.3. The first-order valence-corrected chi connectivity index (χ1v) is 4.75. The number of aromatic carboxylic acids is 1. The standard InChI is InChI=1S/C10H9ClO4/c11-5-6-15-10(14)8-3-1-7(2-4-8)9(12)13/h1-4H,5-6H2,(H,12,13). The van der Waals surface area contributed by atoms with Crippen molar-refractivity contribution < 1.29 is 19.4 Å². The lowest BCUT2D eigenvalue weighted by molar-refractivity contribution is 0.0528. The van der Waals surface area contributed by atoms with Gasteiger partial charge in [0.1, 0.15) is 6.61 Å². The Hall–Kier alpha value is -1.55. The number of hydrogen-bond donors (Lipinski definition) is 1. The van der Waals surface area contributed by atoms with Crippen LogP contribution in [0, 0.1) is 0 Å². The van der Waals surface area contributed by atoms with Crippen LogP contribution in [0.1, 0.15) is 20.7 Å². The van der Waals surface area contributed by atoms with Gasteiger partial charge in [0.15, 0.2) is 0 Å². The smallest absolute Gasteiger partial charge is 0.338 e. The zero-order valence-electron chi connectivity index (χ0n) is 7.77. The molecule has 0 bridgehead atoms. The van der Waals surface area contributed by atoms with Crippen LogP contribution in [-0.4, -0.2) is 29.5 Å². The molecular formula is C10H9ClO4. The van der Waals surface area contributed by atoms with Crippen molar-refractivity contribution in [3.63, 3.8) is 0 Å². The highest BCUT2D eigenvalue weighted by atomic mass is 35.5. The summed E-state index contributed by atoms with van der Waals surface area (Å²) >= 11 is 5.34. The zero-order valence-corrected chi connectivity index (χ0v) is 8.53. The summed E-state index contributed by atoms with van der Waals surface area (Å²) in [5.41, 5.74) is 0.439. The molecule has 0 heterocycles. The number of hydrogen-bond acceptors (Lipinski definition) is 3. The third-order valence-electron chi connectivity index (χ3n) is 1.68. The summed E-state index contributed by atoms with van der Waals surface area (Å²) in [7, 11) is 0. The maximum absolute atomic E-state index is 11.3. The molecule has 0 saturated heterocycles. The molecule has 0 aliphatic carbocycles. The molecule has 0 saturated carbocycles. The van der Waals surface area contributed by atoms with Crippen LogP contribution in [0.5, 0.6) is 0 Å². The molecule has 0 spiro atoms. The number of halogens is 1. The fraction of sp³-hybridized carbons (Fsp3) is 0.200. The lowest BCUT2D eigenvalue weighted by atomic mass is 10.1. The Morgan fingerprint density at radius 2 is 1.73 bits per heavy atom. The Morgan fingerprint density at radius 3 is 2.20 bits per heavy atom. The van der Waals surface area contributed by atoms with E-state index in [4.69, 9.17) is 21.4 Å². The van der Waals surface area contributed by atoms with Crippen molar-refractivity contribution >= 4 is 23.5 Å². The van der Waals surface area contributed by atoms with Crippen molar-refractivity contribution in [3.8, 4) is 0 Å². The van der Waals surface area contributed by atoms with Crippen molar-refractivity contribution in [2.75, 3.05) is 12.5 Å². The van der Waals surface area contributed by atoms with Crippen LogP contribution in [0.2, 0.25) is 0 Å². The average molecular weight is 229 g/mol. The number of carboxylic acid groups (broad SMARTS) is 1. The van der Waals surface area contributed by atoms with Crippen LogP contribution >= 0.6 is 11.6 Å². The van der Waals surface area contributed by atoms with Crippen molar-refractivity contribution in [2.24, 2.45) is 0 Å². The molecule has 0 unspecified atom stereocenters. The predicted octanol–water partition coefficient (Wildman–Crippen LogP) is 1.78. The molecule has 0 aliphatic rings. The minimum absolute atomic E-state index is 0.129. The van der Waals surface area contributed by atoms with Crippen LogP contribution < -0.4 is 0 Å². The molecule has 0 fully saturated rings. The molecule has 1 aromatic carbocycles. The van der Waals surface area contributed by atoms with Gasteiger partial charge in [-0.3, -0.25) is 0 Å². The molecule has 4 nitrogen and oxygen atoms in total. The van der Waals surface area contributed by atoms with Crippen molar-refractivity contribution in [2.45, 2.75) is 0 Å². The number of carbonyl (C=O) groups is 2. The summed E-state index contributed by atoms with van der Waals surface area (Å²) in [6.45, 7) is 0.140. The van der Waals surface area contributed by atoms with Crippen LogP contribution in [0.25, 0.3) is 0 Å². The van der Waals surface area contributed by atoms with Crippen molar-refractivity contribution in [3.05, 3.63) is 35.4 Å². The van der Waals surface area contributed by atoms with Gasteiger partial charge >= 0.3 is 11.9 Å². The molecule has 15 heavy (non-hydrogen) atoms. The number of carboxylic acids is 1.